The predicted molar refractivity (Wildman–Crippen MR) is 102 cm³/mol. The number of hydrogen-bond acceptors (Lipinski definition) is 3. The lowest BCUT2D eigenvalue weighted by atomic mass is 9.93. The summed E-state index contributed by atoms with van der Waals surface area (Å²) < 4.78 is 55.6. The van der Waals surface area contributed by atoms with Crippen LogP contribution < -0.4 is 10.1 Å². The van der Waals surface area contributed by atoms with Crippen molar-refractivity contribution >= 4 is 23.6 Å². The monoisotopic (exact) mass is 422 g/mol. The SMILES string of the molecule is CC(=O)N1C=Cc2ccccc2C1CC(=O)Nc1cc(F)ccc1OCC(F)(F)F. The van der Waals surface area contributed by atoms with E-state index >= 15 is 0 Å². The van der Waals surface area contributed by atoms with Gasteiger partial charge in [-0.3, -0.25) is 9.59 Å². The van der Waals surface area contributed by atoms with Crippen molar-refractivity contribution in [3.8, 4) is 5.75 Å². The van der Waals surface area contributed by atoms with E-state index in [2.05, 4.69) is 10.1 Å². The van der Waals surface area contributed by atoms with E-state index in [1.807, 2.05) is 12.1 Å². The number of amides is 2. The van der Waals surface area contributed by atoms with E-state index in [-0.39, 0.29) is 23.8 Å². The van der Waals surface area contributed by atoms with Crippen LogP contribution in [0.15, 0.2) is 48.7 Å². The van der Waals surface area contributed by atoms with Gasteiger partial charge < -0.3 is 15.0 Å². The van der Waals surface area contributed by atoms with Crippen LogP contribution in [-0.2, 0) is 9.59 Å². The molecule has 3 rings (SSSR count). The lowest BCUT2D eigenvalue weighted by Gasteiger charge is -2.32. The van der Waals surface area contributed by atoms with Crippen LogP contribution in [0.3, 0.4) is 0 Å². The molecular weight excluding hydrogens is 404 g/mol. The molecule has 1 heterocycles. The average Bonchev–Trinajstić information content (AvgIpc) is 2.66. The minimum Gasteiger partial charge on any atom is -0.482 e. The van der Waals surface area contributed by atoms with Gasteiger partial charge in [0.05, 0.1) is 18.2 Å². The second-order valence-electron chi connectivity index (χ2n) is 6.68. The Bertz CT molecular complexity index is 988. The molecule has 0 aliphatic carbocycles. The molecule has 0 fully saturated rings. The van der Waals surface area contributed by atoms with E-state index in [1.165, 1.54) is 11.8 Å². The second kappa shape index (κ2) is 8.56. The molecule has 5 nitrogen and oxygen atoms in total. The summed E-state index contributed by atoms with van der Waals surface area (Å²) in [6, 6.07) is 9.42. The van der Waals surface area contributed by atoms with Gasteiger partial charge in [-0.05, 0) is 29.3 Å². The van der Waals surface area contributed by atoms with Crippen LogP contribution in [0.1, 0.15) is 30.5 Å². The van der Waals surface area contributed by atoms with Gasteiger partial charge in [-0.15, -0.1) is 0 Å². The number of nitrogens with one attached hydrogen (secondary N) is 1. The smallest absolute Gasteiger partial charge is 0.422 e. The zero-order valence-corrected chi connectivity index (χ0v) is 15.9. The highest BCUT2D eigenvalue weighted by Crippen LogP contribution is 2.34. The van der Waals surface area contributed by atoms with Gasteiger partial charge in [0.1, 0.15) is 11.6 Å². The summed E-state index contributed by atoms with van der Waals surface area (Å²) in [7, 11) is 0. The third-order valence-electron chi connectivity index (χ3n) is 4.45. The number of ether oxygens (including phenoxy) is 1. The molecule has 0 aromatic heterocycles. The summed E-state index contributed by atoms with van der Waals surface area (Å²) in [6.45, 7) is -0.223. The average molecular weight is 422 g/mol. The number of benzene rings is 2. The van der Waals surface area contributed by atoms with E-state index in [4.69, 9.17) is 0 Å². The number of carbonyl (C=O) groups excluding carboxylic acids is 2. The van der Waals surface area contributed by atoms with Crippen LogP contribution in [0.5, 0.6) is 5.75 Å². The summed E-state index contributed by atoms with van der Waals surface area (Å²) >= 11 is 0. The summed E-state index contributed by atoms with van der Waals surface area (Å²) in [4.78, 5) is 26.1. The molecule has 0 radical (unpaired) electrons. The quantitative estimate of drug-likeness (QED) is 0.713. The highest BCUT2D eigenvalue weighted by Gasteiger charge is 2.30. The molecule has 1 N–H and O–H groups in total. The summed E-state index contributed by atoms with van der Waals surface area (Å²) in [5.74, 6) is -1.95. The van der Waals surface area contributed by atoms with E-state index in [1.54, 1.807) is 24.4 Å². The van der Waals surface area contributed by atoms with Crippen molar-refractivity contribution in [1.29, 1.82) is 0 Å². The molecule has 0 spiro atoms. The molecule has 2 aromatic carbocycles. The fraction of sp³-hybridized carbons (Fsp3) is 0.238. The minimum absolute atomic E-state index is 0.184. The van der Waals surface area contributed by atoms with E-state index in [0.29, 0.717) is 0 Å². The van der Waals surface area contributed by atoms with Crippen molar-refractivity contribution < 1.29 is 31.9 Å². The van der Waals surface area contributed by atoms with Gasteiger partial charge in [-0.25, -0.2) is 4.39 Å². The first-order valence-electron chi connectivity index (χ1n) is 8.99. The number of nitrogens with zero attached hydrogens (tertiary/aromatic N) is 1. The number of alkyl halides is 3. The largest absolute Gasteiger partial charge is 0.482 e. The summed E-state index contributed by atoms with van der Waals surface area (Å²) in [5.41, 5.74) is 1.36. The molecule has 30 heavy (non-hydrogen) atoms. The third kappa shape index (κ3) is 5.16. The fourth-order valence-corrected chi connectivity index (χ4v) is 3.18. The van der Waals surface area contributed by atoms with Crippen LogP contribution in [0.2, 0.25) is 0 Å². The van der Waals surface area contributed by atoms with Crippen LogP contribution in [0.4, 0.5) is 23.2 Å². The second-order valence-corrected chi connectivity index (χ2v) is 6.68. The van der Waals surface area contributed by atoms with Crippen molar-refractivity contribution in [2.75, 3.05) is 11.9 Å². The molecule has 158 valence electrons. The van der Waals surface area contributed by atoms with E-state index < -0.39 is 30.5 Å². The van der Waals surface area contributed by atoms with E-state index in [9.17, 15) is 27.2 Å². The minimum atomic E-state index is -4.59. The molecule has 1 aliphatic heterocycles. The number of hydrogen-bond donors (Lipinski definition) is 1. The zero-order chi connectivity index (χ0) is 21.9. The molecular formula is C21H18F4N2O3. The standard InChI is InChI=1S/C21H18F4N2O3/c1-13(28)27-9-8-14-4-2-3-5-16(14)18(27)11-20(29)26-17-10-15(22)6-7-19(17)30-12-21(23,24)25/h2-10,18H,11-12H2,1H3,(H,26,29). The summed E-state index contributed by atoms with van der Waals surface area (Å²) in [6.07, 6.45) is -1.45. The highest BCUT2D eigenvalue weighted by atomic mass is 19.4. The zero-order valence-electron chi connectivity index (χ0n) is 15.9. The van der Waals surface area contributed by atoms with Gasteiger partial charge in [-0.2, -0.15) is 13.2 Å². The Morgan fingerprint density at radius 3 is 2.60 bits per heavy atom. The van der Waals surface area contributed by atoms with Gasteiger partial charge >= 0.3 is 6.18 Å². The Morgan fingerprint density at radius 2 is 1.90 bits per heavy atom. The molecule has 1 aliphatic rings. The van der Waals surface area contributed by atoms with E-state index in [0.717, 1.165) is 29.3 Å². The molecule has 0 saturated carbocycles. The number of fused-ring (bicyclic) bond motifs is 1. The number of rotatable bonds is 5. The molecule has 0 bridgehead atoms. The van der Waals surface area contributed by atoms with Gasteiger partial charge in [0, 0.05) is 19.2 Å². The first kappa shape index (κ1) is 21.4. The maximum absolute atomic E-state index is 13.6. The Morgan fingerprint density at radius 1 is 1.17 bits per heavy atom. The lowest BCUT2D eigenvalue weighted by molar-refractivity contribution is -0.153. The van der Waals surface area contributed by atoms with Crippen molar-refractivity contribution in [2.45, 2.75) is 25.6 Å². The predicted octanol–water partition coefficient (Wildman–Crippen LogP) is 4.67. The number of carbonyl (C=O) groups is 2. The van der Waals surface area contributed by atoms with Crippen molar-refractivity contribution in [1.82, 2.24) is 4.90 Å². The van der Waals surface area contributed by atoms with Crippen LogP contribution >= 0.6 is 0 Å². The molecule has 2 amide bonds. The van der Waals surface area contributed by atoms with Gasteiger partial charge in [-0.1, -0.05) is 24.3 Å². The Labute approximate surface area is 169 Å². The summed E-state index contributed by atoms with van der Waals surface area (Å²) in [5, 5.41) is 2.39. The molecule has 2 aromatic rings. The van der Waals surface area contributed by atoms with Gasteiger partial charge in [0.25, 0.3) is 0 Å². The molecule has 1 unspecified atom stereocenters. The van der Waals surface area contributed by atoms with Gasteiger partial charge in [0.15, 0.2) is 6.61 Å². The highest BCUT2D eigenvalue weighted by molar-refractivity contribution is 5.93. The van der Waals surface area contributed by atoms with Crippen LogP contribution in [-0.4, -0.2) is 29.5 Å². The fourth-order valence-electron chi connectivity index (χ4n) is 3.18. The third-order valence-corrected chi connectivity index (χ3v) is 4.45. The molecule has 1 atom stereocenters. The Hall–Kier alpha value is -3.36. The molecule has 9 heteroatoms. The van der Waals surface area contributed by atoms with Crippen molar-refractivity contribution in [3.05, 3.63) is 65.6 Å². The Balaban J connectivity index is 1.80. The normalized spacial score (nSPS) is 15.5. The van der Waals surface area contributed by atoms with Crippen LogP contribution in [0, 0.1) is 5.82 Å². The Kier molecular flexibility index (Phi) is 6.09. The van der Waals surface area contributed by atoms with Gasteiger partial charge in [0.2, 0.25) is 11.8 Å². The van der Waals surface area contributed by atoms with Crippen LogP contribution in [0.25, 0.3) is 6.08 Å². The topological polar surface area (TPSA) is 58.6 Å². The first-order chi connectivity index (χ1) is 14.1. The number of halogens is 4. The molecule has 0 saturated heterocycles. The lowest BCUT2D eigenvalue weighted by Crippen LogP contribution is -2.33. The maximum Gasteiger partial charge on any atom is 0.422 e. The maximum atomic E-state index is 13.6. The van der Waals surface area contributed by atoms with Crippen molar-refractivity contribution in [2.24, 2.45) is 0 Å². The number of anilines is 1. The first-order valence-corrected chi connectivity index (χ1v) is 8.99. The van der Waals surface area contributed by atoms with Crippen molar-refractivity contribution in [3.63, 3.8) is 0 Å².